The van der Waals surface area contributed by atoms with Gasteiger partial charge in [-0.05, 0) is 85.8 Å². The van der Waals surface area contributed by atoms with Crippen molar-refractivity contribution in [2.24, 2.45) is 17.3 Å². The molecule has 2 aliphatic heterocycles. The Morgan fingerprint density at radius 1 is 0.939 bits per heavy atom. The van der Waals surface area contributed by atoms with Gasteiger partial charge in [0.2, 0.25) is 0 Å². The molecule has 5 nitrogen and oxygen atoms in total. The molecule has 3 atom stereocenters. The number of allylic oxidation sites excluding steroid dienone is 1. The molecule has 33 heavy (non-hydrogen) atoms. The summed E-state index contributed by atoms with van der Waals surface area (Å²) in [6.45, 7) is 3.71. The Hall–Kier alpha value is -2.60. The molecule has 3 heterocycles. The molecule has 1 aromatic carbocycles. The van der Waals surface area contributed by atoms with Crippen LogP contribution in [0.4, 0.5) is 0 Å². The van der Waals surface area contributed by atoms with Crippen molar-refractivity contribution in [2.75, 3.05) is 26.2 Å². The highest BCUT2D eigenvalue weighted by Gasteiger charge is 2.43. The normalized spacial score (nSPS) is 27.5. The molecule has 4 aliphatic rings. The number of hydrogen-bond donors (Lipinski definition) is 1. The lowest BCUT2D eigenvalue weighted by atomic mass is 9.77. The van der Waals surface area contributed by atoms with Crippen LogP contribution in [0.15, 0.2) is 60.9 Å². The molecule has 2 saturated heterocycles. The molecule has 3 unspecified atom stereocenters. The molecule has 2 bridgehead atoms. The van der Waals surface area contributed by atoms with Crippen LogP contribution in [0, 0.1) is 17.3 Å². The van der Waals surface area contributed by atoms with Crippen LogP contribution in [0.2, 0.25) is 0 Å². The average Bonchev–Trinajstić information content (AvgIpc) is 3.64. The van der Waals surface area contributed by atoms with Gasteiger partial charge in [-0.3, -0.25) is 4.79 Å². The van der Waals surface area contributed by atoms with E-state index in [4.69, 9.17) is 12.2 Å². The Morgan fingerprint density at radius 2 is 1.67 bits per heavy atom. The summed E-state index contributed by atoms with van der Waals surface area (Å²) >= 11 is 5.82. The molecule has 1 amide bonds. The van der Waals surface area contributed by atoms with Gasteiger partial charge in [0.25, 0.3) is 5.91 Å². The second kappa shape index (κ2) is 8.32. The number of nitrogens with zero attached hydrogens (tertiary/aromatic N) is 3. The van der Waals surface area contributed by atoms with E-state index in [-0.39, 0.29) is 11.3 Å². The van der Waals surface area contributed by atoms with E-state index >= 15 is 0 Å². The van der Waals surface area contributed by atoms with E-state index in [2.05, 4.69) is 27.3 Å². The molecule has 1 spiro atoms. The number of likely N-dealkylation sites (tertiary alicyclic amines) is 2. The molecule has 2 aromatic rings. The summed E-state index contributed by atoms with van der Waals surface area (Å²) in [4.78, 5) is 17.9. The summed E-state index contributed by atoms with van der Waals surface area (Å²) in [7, 11) is 0. The fourth-order valence-electron chi connectivity index (χ4n) is 6.44. The van der Waals surface area contributed by atoms with E-state index in [9.17, 15) is 4.79 Å². The number of benzene rings is 1. The predicted octanol–water partition coefficient (Wildman–Crippen LogP) is 4.24. The Morgan fingerprint density at radius 3 is 2.36 bits per heavy atom. The van der Waals surface area contributed by atoms with Crippen LogP contribution < -0.4 is 5.32 Å². The van der Waals surface area contributed by atoms with Crippen LogP contribution in [0.3, 0.4) is 0 Å². The average molecular weight is 461 g/mol. The summed E-state index contributed by atoms with van der Waals surface area (Å²) < 4.78 is 2.02. The number of rotatable bonds is 3. The summed E-state index contributed by atoms with van der Waals surface area (Å²) in [6.07, 6.45) is 14.5. The summed E-state index contributed by atoms with van der Waals surface area (Å²) in [6, 6.07) is 12.4. The lowest BCUT2D eigenvalue weighted by molar-refractivity contribution is 0.0598. The second-order valence-corrected chi connectivity index (χ2v) is 10.8. The van der Waals surface area contributed by atoms with Crippen LogP contribution in [-0.4, -0.2) is 57.6 Å². The Kier molecular flexibility index (Phi) is 5.28. The second-order valence-electron chi connectivity index (χ2n) is 10.4. The maximum absolute atomic E-state index is 13.4. The van der Waals surface area contributed by atoms with Crippen LogP contribution in [0.5, 0.6) is 0 Å². The Labute approximate surface area is 201 Å². The molecular weight excluding hydrogens is 428 g/mol. The molecule has 1 N–H and O–H groups in total. The zero-order chi connectivity index (χ0) is 22.4. The minimum absolute atomic E-state index is 0.144. The van der Waals surface area contributed by atoms with Crippen LogP contribution in [0.1, 0.15) is 42.5 Å². The molecule has 3 fully saturated rings. The molecule has 6 heteroatoms. The first-order valence-corrected chi connectivity index (χ1v) is 12.8. The van der Waals surface area contributed by atoms with E-state index < -0.39 is 0 Å². The molecule has 1 aromatic heterocycles. The van der Waals surface area contributed by atoms with E-state index in [0.717, 1.165) is 61.3 Å². The van der Waals surface area contributed by atoms with Crippen molar-refractivity contribution < 1.29 is 4.79 Å². The lowest BCUT2D eigenvalue weighted by Gasteiger charge is -2.39. The topological polar surface area (TPSA) is 40.5 Å². The third kappa shape index (κ3) is 3.88. The molecular formula is C27H32N4OS. The maximum Gasteiger partial charge on any atom is 0.255 e. The van der Waals surface area contributed by atoms with Gasteiger partial charge in [0.05, 0.1) is 11.3 Å². The monoisotopic (exact) mass is 460 g/mol. The number of amides is 1. The van der Waals surface area contributed by atoms with Gasteiger partial charge in [-0.15, -0.1) is 0 Å². The quantitative estimate of drug-likeness (QED) is 0.549. The zero-order valence-electron chi connectivity index (χ0n) is 19.0. The van der Waals surface area contributed by atoms with Crippen molar-refractivity contribution in [3.63, 3.8) is 0 Å². The first-order chi connectivity index (χ1) is 16.1. The van der Waals surface area contributed by atoms with Gasteiger partial charge >= 0.3 is 0 Å². The number of aromatic nitrogens is 1. The molecule has 2 aliphatic carbocycles. The first-order valence-electron chi connectivity index (χ1n) is 12.4. The van der Waals surface area contributed by atoms with Gasteiger partial charge in [-0.1, -0.05) is 24.3 Å². The minimum atomic E-state index is 0.144. The number of nitrogens with one attached hydrogen (secondary N) is 1. The van der Waals surface area contributed by atoms with Crippen LogP contribution in [0.25, 0.3) is 5.69 Å². The van der Waals surface area contributed by atoms with Gasteiger partial charge in [-0.2, -0.15) is 0 Å². The number of hydrogen-bond acceptors (Lipinski definition) is 2. The smallest absolute Gasteiger partial charge is 0.255 e. The molecule has 0 radical (unpaired) electrons. The van der Waals surface area contributed by atoms with E-state index in [1.165, 1.54) is 19.3 Å². The van der Waals surface area contributed by atoms with Crippen LogP contribution >= 0.6 is 12.2 Å². The maximum atomic E-state index is 13.4. The SMILES string of the molecule is O=C(c1ccccc1-n1cccc1)N1CCC2(CC1)CCN(C(=S)NC1CC3C=CC1C3)C2. The van der Waals surface area contributed by atoms with Crippen molar-refractivity contribution in [1.82, 2.24) is 19.7 Å². The molecule has 1 saturated carbocycles. The summed E-state index contributed by atoms with van der Waals surface area (Å²) in [5, 5.41) is 4.62. The highest BCUT2D eigenvalue weighted by molar-refractivity contribution is 7.80. The van der Waals surface area contributed by atoms with E-state index in [1.807, 2.05) is 53.4 Å². The highest BCUT2D eigenvalue weighted by Crippen LogP contribution is 2.42. The van der Waals surface area contributed by atoms with Crippen molar-refractivity contribution in [3.8, 4) is 5.69 Å². The largest absolute Gasteiger partial charge is 0.359 e. The summed E-state index contributed by atoms with van der Waals surface area (Å²) in [5.74, 6) is 1.56. The molecule has 172 valence electrons. The summed E-state index contributed by atoms with van der Waals surface area (Å²) in [5.41, 5.74) is 2.02. The van der Waals surface area contributed by atoms with Gasteiger partial charge in [0, 0.05) is 44.6 Å². The fraction of sp³-hybridized carbons (Fsp3) is 0.481. The van der Waals surface area contributed by atoms with Crippen LogP contribution in [-0.2, 0) is 0 Å². The van der Waals surface area contributed by atoms with Crippen molar-refractivity contribution in [1.29, 1.82) is 0 Å². The highest BCUT2D eigenvalue weighted by atomic mass is 32.1. The van der Waals surface area contributed by atoms with Crippen molar-refractivity contribution in [3.05, 3.63) is 66.5 Å². The number of piperidine rings is 1. The number of para-hydroxylation sites is 1. The van der Waals surface area contributed by atoms with Gasteiger partial charge in [0.15, 0.2) is 5.11 Å². The predicted molar refractivity (Wildman–Crippen MR) is 134 cm³/mol. The minimum Gasteiger partial charge on any atom is -0.359 e. The first kappa shape index (κ1) is 21.0. The standard InChI is InChI=1S/C27H32N4OS/c32-25(22-5-1-2-6-24(22)29-12-3-4-13-29)30-14-9-27(10-15-30)11-16-31(19-27)26(33)28-23-18-20-7-8-21(23)17-20/h1-8,12-13,20-21,23H,9-11,14-19H2,(H,28,33). The number of fused-ring (bicyclic) bond motifs is 2. The number of thiocarbonyl (C=S) groups is 1. The van der Waals surface area contributed by atoms with Crippen molar-refractivity contribution in [2.45, 2.75) is 38.1 Å². The Balaban J connectivity index is 1.07. The third-order valence-electron chi connectivity index (χ3n) is 8.44. The Bertz CT molecular complexity index is 1070. The third-order valence-corrected chi connectivity index (χ3v) is 8.82. The van der Waals surface area contributed by atoms with Gasteiger partial charge < -0.3 is 19.7 Å². The number of carbonyl (C=O) groups is 1. The van der Waals surface area contributed by atoms with Gasteiger partial charge in [0.1, 0.15) is 0 Å². The fourth-order valence-corrected chi connectivity index (χ4v) is 6.75. The van der Waals surface area contributed by atoms with E-state index in [0.29, 0.717) is 12.0 Å². The van der Waals surface area contributed by atoms with Crippen molar-refractivity contribution >= 4 is 23.2 Å². The van der Waals surface area contributed by atoms with E-state index in [1.54, 1.807) is 0 Å². The lowest BCUT2D eigenvalue weighted by Crippen LogP contribution is -2.48. The zero-order valence-corrected chi connectivity index (χ0v) is 19.8. The number of carbonyl (C=O) groups excluding carboxylic acids is 1. The van der Waals surface area contributed by atoms with Gasteiger partial charge in [-0.25, -0.2) is 0 Å². The molecule has 6 rings (SSSR count).